The van der Waals surface area contributed by atoms with E-state index in [1.165, 1.54) is 5.39 Å². The number of hydrogen-bond acceptors (Lipinski definition) is 1. The molecule has 0 bridgehead atoms. The van der Waals surface area contributed by atoms with Gasteiger partial charge in [0.1, 0.15) is 0 Å². The Labute approximate surface area is 91.1 Å². The molecule has 76 valence electrons. The number of nitrogens with one attached hydrogen (secondary N) is 2. The molecule has 4 aromatic rings. The Kier molecular flexibility index (Phi) is 1.31. The topological polar surface area (TPSA) is 44.5 Å². The number of rotatable bonds is 0. The molecule has 2 N–H and O–H groups in total. The monoisotopic (exact) mass is 207 g/mol. The molecule has 3 heterocycles. The first kappa shape index (κ1) is 7.93. The number of benzene rings is 1. The summed E-state index contributed by atoms with van der Waals surface area (Å²) in [7, 11) is 0. The first-order valence-electron chi connectivity index (χ1n) is 5.26. The minimum absolute atomic E-state index is 1.03. The number of hydrogen-bond donors (Lipinski definition) is 2. The molecule has 0 amide bonds. The van der Waals surface area contributed by atoms with E-state index in [2.05, 4.69) is 27.1 Å². The highest BCUT2D eigenvalue weighted by atomic mass is 14.8. The molecule has 0 atom stereocenters. The summed E-state index contributed by atoms with van der Waals surface area (Å²) < 4.78 is 0. The second kappa shape index (κ2) is 2.64. The summed E-state index contributed by atoms with van der Waals surface area (Å²) in [5.41, 5.74) is 4.38. The quantitative estimate of drug-likeness (QED) is 0.457. The summed E-state index contributed by atoms with van der Waals surface area (Å²) in [6, 6.07) is 10.3. The van der Waals surface area contributed by atoms with E-state index in [4.69, 9.17) is 0 Å². The normalized spacial score (nSPS) is 11.8. The number of para-hydroxylation sites is 1. The number of nitrogens with zero attached hydrogens (tertiary/aromatic N) is 1. The van der Waals surface area contributed by atoms with Gasteiger partial charge in [0, 0.05) is 28.7 Å². The Bertz CT molecular complexity index is 808. The summed E-state index contributed by atoms with van der Waals surface area (Å²) in [5.74, 6) is 0. The van der Waals surface area contributed by atoms with E-state index >= 15 is 0 Å². The van der Waals surface area contributed by atoms with E-state index < -0.39 is 0 Å². The predicted molar refractivity (Wildman–Crippen MR) is 65.5 cm³/mol. The lowest BCUT2D eigenvalue weighted by Gasteiger charge is -1.92. The second-order valence-corrected chi connectivity index (χ2v) is 3.96. The van der Waals surface area contributed by atoms with Gasteiger partial charge in [-0.15, -0.1) is 0 Å². The molecular weight excluding hydrogens is 198 g/mol. The Hall–Kier alpha value is -2.29. The molecule has 3 nitrogen and oxygen atoms in total. The maximum Gasteiger partial charge on any atom is 0.0979 e. The van der Waals surface area contributed by atoms with E-state index in [-0.39, 0.29) is 0 Å². The molecule has 3 heteroatoms. The lowest BCUT2D eigenvalue weighted by Crippen LogP contribution is -1.76. The summed E-state index contributed by atoms with van der Waals surface area (Å²) in [5, 5.41) is 2.31. The number of aromatic amines is 2. The van der Waals surface area contributed by atoms with Crippen molar-refractivity contribution < 1.29 is 0 Å². The minimum atomic E-state index is 1.03. The van der Waals surface area contributed by atoms with Crippen LogP contribution >= 0.6 is 0 Å². The van der Waals surface area contributed by atoms with E-state index in [1.54, 1.807) is 0 Å². The molecule has 0 fully saturated rings. The van der Waals surface area contributed by atoms with Gasteiger partial charge in [-0.05, 0) is 12.1 Å². The molecule has 0 saturated carbocycles. The van der Waals surface area contributed by atoms with Gasteiger partial charge in [-0.25, -0.2) is 0 Å². The lowest BCUT2D eigenvalue weighted by atomic mass is 10.2. The zero-order valence-electron chi connectivity index (χ0n) is 8.49. The highest BCUT2D eigenvalue weighted by molar-refractivity contribution is 6.13. The van der Waals surface area contributed by atoms with Crippen molar-refractivity contribution in [1.29, 1.82) is 0 Å². The van der Waals surface area contributed by atoms with Crippen LogP contribution in [0.3, 0.4) is 0 Å². The van der Waals surface area contributed by atoms with Gasteiger partial charge in [-0.3, -0.25) is 4.98 Å². The third-order valence-corrected chi connectivity index (χ3v) is 3.04. The molecule has 0 aliphatic carbocycles. The van der Waals surface area contributed by atoms with Crippen LogP contribution in [-0.4, -0.2) is 15.0 Å². The molecule has 0 saturated heterocycles. The van der Waals surface area contributed by atoms with Crippen LogP contribution in [0.5, 0.6) is 0 Å². The van der Waals surface area contributed by atoms with Gasteiger partial charge in [-0.2, -0.15) is 0 Å². The number of pyridine rings is 1. The highest BCUT2D eigenvalue weighted by Gasteiger charge is 2.08. The van der Waals surface area contributed by atoms with Gasteiger partial charge in [0.2, 0.25) is 0 Å². The minimum Gasteiger partial charge on any atom is -0.359 e. The fourth-order valence-electron chi connectivity index (χ4n) is 2.28. The van der Waals surface area contributed by atoms with E-state index in [9.17, 15) is 0 Å². The van der Waals surface area contributed by atoms with E-state index in [0.717, 1.165) is 27.5 Å². The first-order chi connectivity index (χ1) is 7.93. The molecule has 0 radical (unpaired) electrons. The smallest absolute Gasteiger partial charge is 0.0979 e. The van der Waals surface area contributed by atoms with Gasteiger partial charge in [0.05, 0.1) is 16.6 Å². The van der Waals surface area contributed by atoms with Crippen molar-refractivity contribution in [2.75, 3.05) is 0 Å². The average molecular weight is 207 g/mol. The highest BCUT2D eigenvalue weighted by Crippen LogP contribution is 2.27. The van der Waals surface area contributed by atoms with Gasteiger partial charge < -0.3 is 9.97 Å². The zero-order valence-corrected chi connectivity index (χ0v) is 8.49. The lowest BCUT2D eigenvalue weighted by molar-refractivity contribution is 1.43. The molecule has 0 spiro atoms. The summed E-state index contributed by atoms with van der Waals surface area (Å²) >= 11 is 0. The summed E-state index contributed by atoms with van der Waals surface area (Å²) in [6.45, 7) is 0. The van der Waals surface area contributed by atoms with Crippen molar-refractivity contribution in [2.24, 2.45) is 0 Å². The summed E-state index contributed by atoms with van der Waals surface area (Å²) in [4.78, 5) is 11.2. The molecule has 0 unspecified atom stereocenters. The van der Waals surface area contributed by atoms with Crippen molar-refractivity contribution in [3.8, 4) is 0 Å². The molecule has 4 rings (SSSR count). The largest absolute Gasteiger partial charge is 0.359 e. The average Bonchev–Trinajstić information content (AvgIpc) is 2.92. The Morgan fingerprint density at radius 3 is 2.94 bits per heavy atom. The van der Waals surface area contributed by atoms with Crippen LogP contribution in [0, 0.1) is 0 Å². The van der Waals surface area contributed by atoms with E-state index in [0.29, 0.717) is 0 Å². The second-order valence-electron chi connectivity index (χ2n) is 3.96. The maximum absolute atomic E-state index is 4.52. The van der Waals surface area contributed by atoms with E-state index in [1.807, 2.05) is 30.6 Å². The molecular formula is C13H9N3. The SMILES string of the molecule is c1ccc2c(c1)[nH]c1c2ncc2cc[nH]c21. The summed E-state index contributed by atoms with van der Waals surface area (Å²) in [6.07, 6.45) is 3.85. The predicted octanol–water partition coefficient (Wildman–Crippen LogP) is 3.20. The standard InChI is InChI=1S/C13H9N3/c1-2-4-10-9(3-1)12-13(16-10)11-8(7-15-12)5-6-14-11/h1-7,14,16H. The van der Waals surface area contributed by atoms with Crippen molar-refractivity contribution in [2.45, 2.75) is 0 Å². The van der Waals surface area contributed by atoms with Crippen LogP contribution in [0.25, 0.3) is 32.8 Å². The van der Waals surface area contributed by atoms with Crippen LogP contribution in [0.1, 0.15) is 0 Å². The molecule has 1 aromatic carbocycles. The number of H-pyrrole nitrogens is 2. The maximum atomic E-state index is 4.52. The van der Waals surface area contributed by atoms with Crippen molar-refractivity contribution in [3.63, 3.8) is 0 Å². The Morgan fingerprint density at radius 1 is 1.00 bits per heavy atom. The van der Waals surface area contributed by atoms with Crippen LogP contribution in [-0.2, 0) is 0 Å². The fourth-order valence-corrected chi connectivity index (χ4v) is 2.28. The fraction of sp³-hybridized carbons (Fsp3) is 0. The van der Waals surface area contributed by atoms with Gasteiger partial charge >= 0.3 is 0 Å². The van der Waals surface area contributed by atoms with Crippen LogP contribution in [0.4, 0.5) is 0 Å². The van der Waals surface area contributed by atoms with Crippen LogP contribution in [0.15, 0.2) is 42.7 Å². The third kappa shape index (κ3) is 0.852. The number of aromatic nitrogens is 3. The molecule has 16 heavy (non-hydrogen) atoms. The van der Waals surface area contributed by atoms with Crippen molar-refractivity contribution in [3.05, 3.63) is 42.7 Å². The number of fused-ring (bicyclic) bond motifs is 5. The van der Waals surface area contributed by atoms with Gasteiger partial charge in [0.15, 0.2) is 0 Å². The molecule has 0 aliphatic rings. The van der Waals surface area contributed by atoms with Crippen LogP contribution in [0.2, 0.25) is 0 Å². The molecule has 3 aromatic heterocycles. The Morgan fingerprint density at radius 2 is 1.94 bits per heavy atom. The Balaban J connectivity index is 2.38. The van der Waals surface area contributed by atoms with Crippen molar-refractivity contribution in [1.82, 2.24) is 15.0 Å². The third-order valence-electron chi connectivity index (χ3n) is 3.04. The van der Waals surface area contributed by atoms with Gasteiger partial charge in [-0.1, -0.05) is 18.2 Å². The molecule has 0 aliphatic heterocycles. The van der Waals surface area contributed by atoms with Crippen LogP contribution < -0.4 is 0 Å². The zero-order chi connectivity index (χ0) is 10.5. The van der Waals surface area contributed by atoms with Crippen molar-refractivity contribution >= 4 is 32.8 Å². The first-order valence-corrected chi connectivity index (χ1v) is 5.26. The van der Waals surface area contributed by atoms with Gasteiger partial charge in [0.25, 0.3) is 0 Å².